The molecule has 1 aliphatic heterocycles. The number of carbonyl (C=O) groups excluding carboxylic acids is 1. The zero-order valence-electron chi connectivity index (χ0n) is 16.6. The second-order valence-electron chi connectivity index (χ2n) is 7.29. The lowest BCUT2D eigenvalue weighted by Crippen LogP contribution is -2.39. The summed E-state index contributed by atoms with van der Waals surface area (Å²) in [6.07, 6.45) is 1.83. The second kappa shape index (κ2) is 9.15. The van der Waals surface area contributed by atoms with E-state index in [9.17, 15) is 13.2 Å². The summed E-state index contributed by atoms with van der Waals surface area (Å²) < 4.78 is 26.1. The molecule has 0 saturated heterocycles. The molecule has 1 amide bonds. The Kier molecular flexibility index (Phi) is 6.82. The number of nitrogens with zero attached hydrogens (tertiary/aromatic N) is 2. The summed E-state index contributed by atoms with van der Waals surface area (Å²) in [6, 6.07) is 14.7. The molecule has 1 heterocycles. The molecule has 0 fully saturated rings. The Balaban J connectivity index is 1.46. The van der Waals surface area contributed by atoms with Crippen LogP contribution in [-0.4, -0.2) is 51.4 Å². The summed E-state index contributed by atoms with van der Waals surface area (Å²) in [7, 11) is -2.33. The quantitative estimate of drug-likeness (QED) is 0.647. The Bertz CT molecular complexity index is 963. The van der Waals surface area contributed by atoms with Gasteiger partial charge in [-0.2, -0.15) is 4.31 Å². The van der Waals surface area contributed by atoms with Crippen molar-refractivity contribution in [1.82, 2.24) is 9.62 Å². The Labute approximate surface area is 177 Å². The van der Waals surface area contributed by atoms with Crippen molar-refractivity contribution in [1.29, 1.82) is 0 Å². The average Bonchev–Trinajstić information content (AvgIpc) is 3.00. The summed E-state index contributed by atoms with van der Waals surface area (Å²) in [5.74, 6) is -0.320. The van der Waals surface area contributed by atoms with Gasteiger partial charge in [0.05, 0.1) is 11.4 Å². The van der Waals surface area contributed by atoms with E-state index in [-0.39, 0.29) is 17.3 Å². The molecular weight excluding hydrogens is 410 g/mol. The number of likely N-dealkylation sites (N-methyl/N-ethyl adjacent to an activating group) is 1. The van der Waals surface area contributed by atoms with E-state index in [0.29, 0.717) is 17.6 Å². The summed E-state index contributed by atoms with van der Waals surface area (Å²) in [4.78, 5) is 14.7. The number of carbonyl (C=O) groups is 1. The van der Waals surface area contributed by atoms with E-state index in [2.05, 4.69) is 35.3 Å². The molecule has 0 bridgehead atoms. The fourth-order valence-electron chi connectivity index (χ4n) is 3.58. The van der Waals surface area contributed by atoms with Crippen LogP contribution in [0.3, 0.4) is 0 Å². The largest absolute Gasteiger partial charge is 0.368 e. The molecule has 156 valence electrons. The van der Waals surface area contributed by atoms with Crippen LogP contribution in [0.1, 0.15) is 18.9 Å². The van der Waals surface area contributed by atoms with Crippen LogP contribution in [-0.2, 0) is 21.2 Å². The number of benzene rings is 2. The topological polar surface area (TPSA) is 69.7 Å². The van der Waals surface area contributed by atoms with Crippen LogP contribution in [0.15, 0.2) is 53.4 Å². The Morgan fingerprint density at radius 2 is 1.90 bits per heavy atom. The van der Waals surface area contributed by atoms with Crippen LogP contribution in [0.4, 0.5) is 5.69 Å². The lowest BCUT2D eigenvalue weighted by molar-refractivity contribution is -0.121. The standard InChI is InChI=1S/C21H26ClN3O3S/c1-16-14-17-6-3-4-7-20(17)25(16)13-5-12-23-21(26)15-24(2)29(27,28)19-10-8-18(22)9-11-19/h3-4,6-11,16H,5,12-15H2,1-2H3,(H,23,26). The first-order valence-corrected chi connectivity index (χ1v) is 11.4. The smallest absolute Gasteiger partial charge is 0.243 e. The van der Waals surface area contributed by atoms with Gasteiger partial charge in [0.1, 0.15) is 0 Å². The lowest BCUT2D eigenvalue weighted by Gasteiger charge is -2.25. The van der Waals surface area contributed by atoms with Gasteiger partial charge in [-0.25, -0.2) is 8.42 Å². The van der Waals surface area contributed by atoms with Gasteiger partial charge in [-0.1, -0.05) is 29.8 Å². The van der Waals surface area contributed by atoms with E-state index in [1.807, 2.05) is 6.07 Å². The van der Waals surface area contributed by atoms with E-state index in [1.54, 1.807) is 0 Å². The molecule has 0 spiro atoms. The van der Waals surface area contributed by atoms with Crippen LogP contribution in [0.5, 0.6) is 0 Å². The van der Waals surface area contributed by atoms with Gasteiger partial charge in [0.15, 0.2) is 0 Å². The molecule has 1 aliphatic rings. The van der Waals surface area contributed by atoms with Gasteiger partial charge in [-0.3, -0.25) is 4.79 Å². The van der Waals surface area contributed by atoms with Crippen molar-refractivity contribution < 1.29 is 13.2 Å². The molecule has 3 rings (SSSR count). The third-order valence-electron chi connectivity index (χ3n) is 5.13. The first-order chi connectivity index (χ1) is 13.8. The highest BCUT2D eigenvalue weighted by molar-refractivity contribution is 7.89. The number of amides is 1. The molecule has 1 atom stereocenters. The number of nitrogens with one attached hydrogen (secondary N) is 1. The molecule has 2 aromatic rings. The van der Waals surface area contributed by atoms with Crippen LogP contribution < -0.4 is 10.2 Å². The summed E-state index contributed by atoms with van der Waals surface area (Å²) >= 11 is 5.80. The number of hydrogen-bond donors (Lipinski definition) is 1. The van der Waals surface area contributed by atoms with Crippen LogP contribution >= 0.6 is 11.6 Å². The van der Waals surface area contributed by atoms with E-state index in [0.717, 1.165) is 23.7 Å². The molecule has 0 radical (unpaired) electrons. The summed E-state index contributed by atoms with van der Waals surface area (Å²) in [5.41, 5.74) is 2.62. The SMILES string of the molecule is CC1Cc2ccccc2N1CCCNC(=O)CN(C)S(=O)(=O)c1ccc(Cl)cc1. The molecule has 0 aliphatic carbocycles. The maximum absolute atomic E-state index is 12.5. The first kappa shape index (κ1) is 21.6. The normalized spacial score (nSPS) is 16.1. The van der Waals surface area contributed by atoms with Crippen molar-refractivity contribution in [3.63, 3.8) is 0 Å². The molecule has 0 saturated carbocycles. The van der Waals surface area contributed by atoms with Crippen molar-refractivity contribution in [2.24, 2.45) is 0 Å². The number of sulfonamides is 1. The Hall–Kier alpha value is -2.09. The minimum atomic E-state index is -3.73. The highest BCUT2D eigenvalue weighted by Gasteiger charge is 2.25. The molecule has 8 heteroatoms. The van der Waals surface area contributed by atoms with Crippen molar-refractivity contribution in [2.45, 2.75) is 30.7 Å². The monoisotopic (exact) mass is 435 g/mol. The predicted octanol–water partition coefficient (Wildman–Crippen LogP) is 2.92. The van der Waals surface area contributed by atoms with Gasteiger partial charge in [-0.05, 0) is 55.7 Å². The number of rotatable bonds is 8. The highest BCUT2D eigenvalue weighted by atomic mass is 35.5. The Morgan fingerprint density at radius 3 is 2.62 bits per heavy atom. The van der Waals surface area contributed by atoms with Gasteiger partial charge in [0, 0.05) is 36.9 Å². The predicted molar refractivity (Wildman–Crippen MR) is 116 cm³/mol. The van der Waals surface area contributed by atoms with Gasteiger partial charge >= 0.3 is 0 Å². The lowest BCUT2D eigenvalue weighted by atomic mass is 10.1. The number of halogens is 1. The molecular formula is C21H26ClN3O3S. The average molecular weight is 436 g/mol. The van der Waals surface area contributed by atoms with Crippen molar-refractivity contribution in [2.75, 3.05) is 31.6 Å². The number of anilines is 1. The summed E-state index contributed by atoms with van der Waals surface area (Å²) in [6.45, 7) is 3.32. The minimum absolute atomic E-state index is 0.110. The van der Waals surface area contributed by atoms with E-state index < -0.39 is 10.0 Å². The maximum atomic E-state index is 12.5. The molecule has 0 aromatic heterocycles. The van der Waals surface area contributed by atoms with Crippen LogP contribution in [0, 0.1) is 0 Å². The summed E-state index contributed by atoms with van der Waals surface area (Å²) in [5, 5.41) is 3.27. The highest BCUT2D eigenvalue weighted by Crippen LogP contribution is 2.31. The van der Waals surface area contributed by atoms with Crippen LogP contribution in [0.25, 0.3) is 0 Å². The van der Waals surface area contributed by atoms with E-state index in [4.69, 9.17) is 11.6 Å². The van der Waals surface area contributed by atoms with E-state index >= 15 is 0 Å². The van der Waals surface area contributed by atoms with E-state index in [1.165, 1.54) is 42.6 Å². The Morgan fingerprint density at radius 1 is 1.21 bits per heavy atom. The van der Waals surface area contributed by atoms with Crippen molar-refractivity contribution >= 4 is 33.2 Å². The molecule has 2 aromatic carbocycles. The van der Waals surface area contributed by atoms with Crippen molar-refractivity contribution in [3.05, 3.63) is 59.1 Å². The van der Waals surface area contributed by atoms with Gasteiger partial charge in [0.25, 0.3) is 0 Å². The zero-order valence-corrected chi connectivity index (χ0v) is 18.2. The molecule has 1 N–H and O–H groups in total. The van der Waals surface area contributed by atoms with Gasteiger partial charge in [0.2, 0.25) is 15.9 Å². The number of fused-ring (bicyclic) bond motifs is 1. The second-order valence-corrected chi connectivity index (χ2v) is 9.78. The minimum Gasteiger partial charge on any atom is -0.368 e. The zero-order chi connectivity index (χ0) is 21.0. The first-order valence-electron chi connectivity index (χ1n) is 9.62. The molecule has 1 unspecified atom stereocenters. The molecule has 29 heavy (non-hydrogen) atoms. The third kappa shape index (κ3) is 5.10. The maximum Gasteiger partial charge on any atom is 0.243 e. The fraction of sp³-hybridized carbons (Fsp3) is 0.381. The van der Waals surface area contributed by atoms with Gasteiger partial charge < -0.3 is 10.2 Å². The van der Waals surface area contributed by atoms with Crippen molar-refractivity contribution in [3.8, 4) is 0 Å². The number of hydrogen-bond acceptors (Lipinski definition) is 4. The van der Waals surface area contributed by atoms with Gasteiger partial charge in [-0.15, -0.1) is 0 Å². The molecule has 6 nitrogen and oxygen atoms in total. The number of para-hydroxylation sites is 1. The third-order valence-corrected chi connectivity index (χ3v) is 7.20. The van der Waals surface area contributed by atoms with Crippen LogP contribution in [0.2, 0.25) is 5.02 Å². The fourth-order valence-corrected chi connectivity index (χ4v) is 4.83.